The molecule has 2 aromatic carbocycles. The molecule has 32 heavy (non-hydrogen) atoms. The Morgan fingerprint density at radius 3 is 2.62 bits per heavy atom. The first kappa shape index (κ1) is 21.6. The van der Waals surface area contributed by atoms with Crippen LogP contribution in [-0.2, 0) is 17.8 Å². The van der Waals surface area contributed by atoms with Gasteiger partial charge in [0.1, 0.15) is 5.82 Å². The van der Waals surface area contributed by atoms with Crippen LogP contribution >= 0.6 is 0 Å². The van der Waals surface area contributed by atoms with Gasteiger partial charge in [0.05, 0.1) is 6.04 Å². The van der Waals surface area contributed by atoms with Crippen LogP contribution in [0, 0.1) is 0 Å². The van der Waals surface area contributed by atoms with Crippen LogP contribution < -0.4 is 15.5 Å². The van der Waals surface area contributed by atoms with Gasteiger partial charge >= 0.3 is 0 Å². The van der Waals surface area contributed by atoms with Crippen molar-refractivity contribution in [2.24, 2.45) is 4.99 Å². The summed E-state index contributed by atoms with van der Waals surface area (Å²) in [6, 6.07) is 20.2. The Morgan fingerprint density at radius 2 is 1.88 bits per heavy atom. The van der Waals surface area contributed by atoms with Gasteiger partial charge in [-0.15, -0.1) is 0 Å². The van der Waals surface area contributed by atoms with Crippen LogP contribution in [0.4, 0.5) is 5.69 Å². The largest absolute Gasteiger partial charge is 0.357 e. The van der Waals surface area contributed by atoms with Gasteiger partial charge in [0.15, 0.2) is 5.96 Å². The van der Waals surface area contributed by atoms with E-state index in [0.717, 1.165) is 37.0 Å². The Morgan fingerprint density at radius 1 is 1.12 bits per heavy atom. The highest BCUT2D eigenvalue weighted by Crippen LogP contribution is 2.20. The third kappa shape index (κ3) is 5.55. The first-order chi connectivity index (χ1) is 15.7. The highest BCUT2D eigenvalue weighted by atomic mass is 16.2. The summed E-state index contributed by atoms with van der Waals surface area (Å²) in [5.41, 5.74) is 2.19. The zero-order chi connectivity index (χ0) is 22.2. The number of benzene rings is 2. The normalized spacial score (nSPS) is 16.4. The summed E-state index contributed by atoms with van der Waals surface area (Å²) >= 11 is 0. The molecule has 1 amide bonds. The van der Waals surface area contributed by atoms with Gasteiger partial charge in [-0.3, -0.25) is 9.79 Å². The van der Waals surface area contributed by atoms with E-state index in [4.69, 9.17) is 4.99 Å². The zero-order valence-corrected chi connectivity index (χ0v) is 18.4. The van der Waals surface area contributed by atoms with Gasteiger partial charge in [0.2, 0.25) is 5.91 Å². The van der Waals surface area contributed by atoms with Gasteiger partial charge in [0.25, 0.3) is 0 Å². The number of carbonyl (C=O) groups excluding carboxylic acids is 1. The van der Waals surface area contributed by atoms with Gasteiger partial charge in [-0.2, -0.15) is 0 Å². The predicted molar refractivity (Wildman–Crippen MR) is 128 cm³/mol. The molecule has 1 aromatic heterocycles. The molecular formula is C25H30N6O. The minimum Gasteiger partial charge on any atom is -0.357 e. The van der Waals surface area contributed by atoms with Crippen LogP contribution in [0.2, 0.25) is 0 Å². The van der Waals surface area contributed by atoms with Gasteiger partial charge in [-0.1, -0.05) is 48.5 Å². The van der Waals surface area contributed by atoms with E-state index in [2.05, 4.69) is 44.5 Å². The molecule has 1 aliphatic heterocycles. The number of rotatable bonds is 8. The molecule has 166 valence electrons. The van der Waals surface area contributed by atoms with E-state index < -0.39 is 0 Å². The van der Waals surface area contributed by atoms with E-state index in [1.165, 1.54) is 5.56 Å². The lowest BCUT2D eigenvalue weighted by Gasteiger charge is -2.19. The van der Waals surface area contributed by atoms with E-state index in [0.29, 0.717) is 19.5 Å². The summed E-state index contributed by atoms with van der Waals surface area (Å²) in [4.78, 5) is 23.6. The monoisotopic (exact) mass is 430 g/mol. The van der Waals surface area contributed by atoms with Crippen LogP contribution in [0.25, 0.3) is 0 Å². The Kier molecular flexibility index (Phi) is 7.17. The van der Waals surface area contributed by atoms with Crippen LogP contribution in [0.3, 0.4) is 0 Å². The molecule has 0 bridgehead atoms. The van der Waals surface area contributed by atoms with Crippen molar-refractivity contribution in [3.8, 4) is 0 Å². The first-order valence-electron chi connectivity index (χ1n) is 11.2. The van der Waals surface area contributed by atoms with Crippen LogP contribution in [0.5, 0.6) is 0 Å². The van der Waals surface area contributed by atoms with Crippen molar-refractivity contribution in [1.82, 2.24) is 20.2 Å². The number of nitrogens with one attached hydrogen (secondary N) is 2. The van der Waals surface area contributed by atoms with Crippen molar-refractivity contribution < 1.29 is 4.79 Å². The molecule has 1 unspecified atom stereocenters. The van der Waals surface area contributed by atoms with E-state index in [9.17, 15) is 4.79 Å². The van der Waals surface area contributed by atoms with E-state index >= 15 is 0 Å². The maximum absolute atomic E-state index is 12.5. The van der Waals surface area contributed by atoms with Gasteiger partial charge < -0.3 is 20.1 Å². The lowest BCUT2D eigenvalue weighted by atomic mass is 10.2. The molecule has 0 saturated carbocycles. The lowest BCUT2D eigenvalue weighted by Crippen LogP contribution is -2.44. The minimum absolute atomic E-state index is 0.0283. The Bertz CT molecular complexity index is 1030. The molecule has 1 fully saturated rings. The number of nitrogens with zero attached hydrogens (tertiary/aromatic N) is 4. The average molecular weight is 431 g/mol. The van der Waals surface area contributed by atoms with Crippen molar-refractivity contribution in [3.63, 3.8) is 0 Å². The number of para-hydroxylation sites is 1. The molecule has 1 atom stereocenters. The second-order valence-electron chi connectivity index (χ2n) is 7.85. The Hall–Kier alpha value is -3.61. The topological polar surface area (TPSA) is 74.5 Å². The number of hydrogen-bond acceptors (Lipinski definition) is 3. The Balaban J connectivity index is 1.34. The van der Waals surface area contributed by atoms with Crippen LogP contribution in [0.1, 0.15) is 24.7 Å². The quantitative estimate of drug-likeness (QED) is 0.426. The summed E-state index contributed by atoms with van der Waals surface area (Å²) in [5, 5.41) is 6.73. The number of hydrogen-bond donors (Lipinski definition) is 2. The van der Waals surface area contributed by atoms with Gasteiger partial charge in [0, 0.05) is 57.1 Å². The average Bonchev–Trinajstić information content (AvgIpc) is 3.41. The molecule has 7 nitrogen and oxygen atoms in total. The zero-order valence-electron chi connectivity index (χ0n) is 18.4. The molecule has 3 aromatic rings. The lowest BCUT2D eigenvalue weighted by molar-refractivity contribution is -0.117. The number of imidazole rings is 1. The number of aromatic nitrogens is 2. The van der Waals surface area contributed by atoms with Crippen molar-refractivity contribution >= 4 is 17.6 Å². The SMILES string of the molecule is CCNC(=NCCc1nccn1Cc1ccccc1)NC1CC(=O)N(c2ccccc2)C1. The molecule has 1 aliphatic rings. The third-order valence-corrected chi connectivity index (χ3v) is 5.48. The fraction of sp³-hybridized carbons (Fsp3) is 0.320. The highest BCUT2D eigenvalue weighted by Gasteiger charge is 2.31. The molecular weight excluding hydrogens is 400 g/mol. The fourth-order valence-corrected chi connectivity index (χ4v) is 3.94. The van der Waals surface area contributed by atoms with Gasteiger partial charge in [-0.25, -0.2) is 4.98 Å². The van der Waals surface area contributed by atoms with E-state index in [1.54, 1.807) is 0 Å². The second-order valence-corrected chi connectivity index (χ2v) is 7.85. The summed E-state index contributed by atoms with van der Waals surface area (Å²) in [6.07, 6.45) is 5.06. The Labute approximate surface area is 189 Å². The molecule has 0 aliphatic carbocycles. The van der Waals surface area contributed by atoms with Crippen LogP contribution in [-0.4, -0.2) is 47.1 Å². The van der Waals surface area contributed by atoms with Crippen LogP contribution in [0.15, 0.2) is 78.0 Å². The summed E-state index contributed by atoms with van der Waals surface area (Å²) < 4.78 is 2.17. The number of anilines is 1. The maximum Gasteiger partial charge on any atom is 0.229 e. The van der Waals surface area contributed by atoms with Crippen molar-refractivity contribution in [1.29, 1.82) is 0 Å². The van der Waals surface area contributed by atoms with Gasteiger partial charge in [-0.05, 0) is 24.6 Å². The molecule has 0 spiro atoms. The second kappa shape index (κ2) is 10.6. The predicted octanol–water partition coefficient (Wildman–Crippen LogP) is 2.83. The smallest absolute Gasteiger partial charge is 0.229 e. The fourth-order valence-electron chi connectivity index (χ4n) is 3.94. The summed E-state index contributed by atoms with van der Waals surface area (Å²) in [6.45, 7) is 4.86. The summed E-state index contributed by atoms with van der Waals surface area (Å²) in [7, 11) is 0. The van der Waals surface area contributed by atoms with Crippen molar-refractivity contribution in [3.05, 3.63) is 84.4 Å². The third-order valence-electron chi connectivity index (χ3n) is 5.48. The molecule has 2 heterocycles. The minimum atomic E-state index is 0.0283. The number of carbonyl (C=O) groups is 1. The molecule has 4 rings (SSSR count). The van der Waals surface area contributed by atoms with E-state index in [-0.39, 0.29) is 11.9 Å². The number of guanidine groups is 1. The number of amides is 1. The highest BCUT2D eigenvalue weighted by molar-refractivity contribution is 5.97. The number of aliphatic imine (C=N–C) groups is 1. The van der Waals surface area contributed by atoms with Crippen molar-refractivity contribution in [2.75, 3.05) is 24.5 Å². The molecule has 2 N–H and O–H groups in total. The van der Waals surface area contributed by atoms with Crippen molar-refractivity contribution in [2.45, 2.75) is 32.4 Å². The van der Waals surface area contributed by atoms with E-state index in [1.807, 2.05) is 60.6 Å². The summed E-state index contributed by atoms with van der Waals surface area (Å²) in [5.74, 6) is 1.88. The molecule has 1 saturated heterocycles. The standard InChI is InChI=1S/C25H30N6O/c1-2-26-25(29-21-17-24(32)31(19-21)22-11-7-4-8-12-22)28-14-13-23-27-15-16-30(23)18-20-9-5-3-6-10-20/h3-12,15-16,21H,2,13-14,17-19H2,1H3,(H2,26,28,29). The first-order valence-corrected chi connectivity index (χ1v) is 11.2. The molecule has 7 heteroatoms. The molecule has 0 radical (unpaired) electrons. The maximum atomic E-state index is 12.5.